The van der Waals surface area contributed by atoms with Gasteiger partial charge in [0.25, 0.3) is 0 Å². The predicted octanol–water partition coefficient (Wildman–Crippen LogP) is -0.244. The van der Waals surface area contributed by atoms with Crippen LogP contribution in [0.2, 0.25) is 0 Å². The van der Waals surface area contributed by atoms with Crippen LogP contribution >= 0.6 is 15.9 Å². The Morgan fingerprint density at radius 2 is 2.07 bits per heavy atom. The van der Waals surface area contributed by atoms with Crippen molar-refractivity contribution in [3.8, 4) is 0 Å². The number of nitrogens with two attached hydrogens (primary N) is 2. The molecule has 2 heterocycles. The predicted molar refractivity (Wildman–Crippen MR) is 63.1 cm³/mol. The highest BCUT2D eigenvalue weighted by molar-refractivity contribution is 9.10. The third kappa shape index (κ3) is 2.63. The molecule has 0 radical (unpaired) electrons. The molecule has 0 atom stereocenters. The summed E-state index contributed by atoms with van der Waals surface area (Å²) in [7, 11) is 1.84. The number of hydrazine groups is 1. The Morgan fingerprint density at radius 3 is 2.67 bits per heavy atom. The zero-order valence-corrected chi connectivity index (χ0v) is 9.67. The molecule has 0 amide bonds. The first-order valence-electron chi connectivity index (χ1n) is 3.81. The van der Waals surface area contributed by atoms with Crippen molar-refractivity contribution in [1.29, 1.82) is 0 Å². The number of H-pyrrole nitrogens is 1. The summed E-state index contributed by atoms with van der Waals surface area (Å²) in [6, 6.07) is 0. The lowest BCUT2D eigenvalue weighted by molar-refractivity contribution is 0.824. The maximum atomic E-state index is 4.18. The number of aromatic amines is 1. The van der Waals surface area contributed by atoms with Gasteiger partial charge in [0.2, 0.25) is 0 Å². The van der Waals surface area contributed by atoms with Gasteiger partial charge in [-0.3, -0.25) is 16.8 Å². The Morgan fingerprint density at radius 1 is 1.40 bits per heavy atom. The minimum Gasteiger partial charge on any atom is -0.412 e. The van der Waals surface area contributed by atoms with Gasteiger partial charge in [-0.05, 0) is 15.9 Å². The lowest BCUT2D eigenvalue weighted by Crippen LogP contribution is -2.02. The van der Waals surface area contributed by atoms with E-state index < -0.39 is 0 Å². The van der Waals surface area contributed by atoms with Gasteiger partial charge in [-0.2, -0.15) is 5.10 Å². The number of halogens is 1. The molecule has 0 spiro atoms. The molecule has 8 heteroatoms. The number of nitrogens with zero attached hydrogens (tertiary/aromatic N) is 2. The van der Waals surface area contributed by atoms with Crippen LogP contribution in [0.1, 0.15) is 0 Å². The van der Waals surface area contributed by atoms with Gasteiger partial charge in [-0.15, -0.1) is 0 Å². The minimum atomic E-state index is 0. The van der Waals surface area contributed by atoms with Crippen molar-refractivity contribution in [2.45, 2.75) is 0 Å². The second kappa shape index (κ2) is 6.30. The van der Waals surface area contributed by atoms with Crippen molar-refractivity contribution in [3.05, 3.63) is 16.9 Å². The van der Waals surface area contributed by atoms with Crippen LogP contribution in [0.5, 0.6) is 0 Å². The summed E-state index contributed by atoms with van der Waals surface area (Å²) < 4.78 is 0.925. The van der Waals surface area contributed by atoms with Gasteiger partial charge in [0.15, 0.2) is 0 Å². The van der Waals surface area contributed by atoms with Gasteiger partial charge >= 0.3 is 0 Å². The second-order valence-electron chi connectivity index (χ2n) is 2.36. The molecule has 0 saturated carbocycles. The van der Waals surface area contributed by atoms with E-state index in [1.165, 1.54) is 0 Å². The smallest absolute Gasteiger partial charge is 0.136 e. The first kappa shape index (κ1) is 13.8. The van der Waals surface area contributed by atoms with Crippen LogP contribution in [0, 0.1) is 0 Å². The van der Waals surface area contributed by atoms with Crippen LogP contribution < -0.4 is 17.0 Å². The van der Waals surface area contributed by atoms with Crippen molar-refractivity contribution < 1.29 is 5.48 Å². The van der Waals surface area contributed by atoms with E-state index in [2.05, 4.69) is 48.1 Å². The topological polar surface area (TPSA) is 137 Å². The average Bonchev–Trinajstić information content (AvgIpc) is 2.71. The molecule has 15 heavy (non-hydrogen) atoms. The number of nitrogens with one attached hydrogen (secondary N) is 2. The lowest BCUT2D eigenvalue weighted by Gasteiger charge is -2.00. The molecule has 0 aliphatic heterocycles. The first-order chi connectivity index (χ1) is 6.83. The zero-order valence-electron chi connectivity index (χ0n) is 8.08. The average molecular weight is 277 g/mol. The van der Waals surface area contributed by atoms with Crippen molar-refractivity contribution in [2.24, 2.45) is 11.7 Å². The van der Waals surface area contributed by atoms with Crippen LogP contribution in [0.3, 0.4) is 0 Å². The summed E-state index contributed by atoms with van der Waals surface area (Å²) in [6.07, 6.45) is 3.49. The number of hydrogen-bond donors (Lipinski definition) is 4. The van der Waals surface area contributed by atoms with E-state index in [0.717, 1.165) is 21.2 Å². The molecule has 0 bridgehead atoms. The summed E-state index contributed by atoms with van der Waals surface area (Å²) >= 11 is 3.38. The minimum absolute atomic E-state index is 0. The molecule has 7 nitrogen and oxygen atoms in total. The van der Waals surface area contributed by atoms with Crippen LogP contribution in [0.25, 0.3) is 10.9 Å². The summed E-state index contributed by atoms with van der Waals surface area (Å²) in [5.41, 5.74) is 0.967. The SMILES string of the molecule is CNc1ncc(Br)c2[nH]ncc12.NN.O. The molecule has 0 aliphatic carbocycles. The number of hydrogen-bond acceptors (Lipinski definition) is 5. The number of aromatic nitrogens is 3. The molecule has 8 N–H and O–H groups in total. The van der Waals surface area contributed by atoms with Crippen LogP contribution in [0.4, 0.5) is 5.82 Å². The second-order valence-corrected chi connectivity index (χ2v) is 3.22. The van der Waals surface area contributed by atoms with E-state index in [9.17, 15) is 0 Å². The first-order valence-corrected chi connectivity index (χ1v) is 4.61. The van der Waals surface area contributed by atoms with Crippen molar-refractivity contribution in [1.82, 2.24) is 15.2 Å². The molecule has 0 saturated heterocycles. The monoisotopic (exact) mass is 276 g/mol. The molecule has 2 aromatic rings. The fourth-order valence-electron chi connectivity index (χ4n) is 1.10. The maximum absolute atomic E-state index is 4.18. The molecule has 2 aromatic heterocycles. The van der Waals surface area contributed by atoms with Gasteiger partial charge in [0.05, 0.1) is 21.6 Å². The van der Waals surface area contributed by atoms with E-state index in [4.69, 9.17) is 0 Å². The summed E-state index contributed by atoms with van der Waals surface area (Å²) in [4.78, 5) is 4.18. The Labute approximate surface area is 94.6 Å². The van der Waals surface area contributed by atoms with Crippen LogP contribution in [0.15, 0.2) is 16.9 Å². The van der Waals surface area contributed by atoms with E-state index in [1.54, 1.807) is 12.4 Å². The molecule has 0 aliphatic rings. The highest BCUT2D eigenvalue weighted by Gasteiger charge is 2.05. The normalized spacial score (nSPS) is 8.80. The summed E-state index contributed by atoms with van der Waals surface area (Å²) in [5, 5.41) is 10.8. The quantitative estimate of drug-likeness (QED) is 0.421. The Hall–Kier alpha value is -1.22. The van der Waals surface area contributed by atoms with E-state index in [1.807, 2.05) is 7.05 Å². The molecule has 84 valence electrons. The maximum Gasteiger partial charge on any atom is 0.136 e. The Balaban J connectivity index is 0.000000617. The molecular formula is C7H13BrN6O. The largest absolute Gasteiger partial charge is 0.412 e. The van der Waals surface area contributed by atoms with Gasteiger partial charge in [0, 0.05) is 13.2 Å². The van der Waals surface area contributed by atoms with Crippen molar-refractivity contribution in [3.63, 3.8) is 0 Å². The standard InChI is InChI=1S/C7H7BrN4.H4N2.H2O/c1-9-7-4-2-11-12-6(4)5(8)3-10-7;1-2;/h2-3H,1H3,(H,9,10)(H,11,12);1-2H2;1H2. The molecule has 0 aromatic carbocycles. The van der Waals surface area contributed by atoms with Crippen molar-refractivity contribution >= 4 is 32.7 Å². The molecular weight excluding hydrogens is 264 g/mol. The third-order valence-corrected chi connectivity index (χ3v) is 2.28. The van der Waals surface area contributed by atoms with E-state index in [-0.39, 0.29) is 5.48 Å². The number of rotatable bonds is 1. The number of pyridine rings is 1. The summed E-state index contributed by atoms with van der Waals surface area (Å²) in [6.45, 7) is 0. The number of fused-ring (bicyclic) bond motifs is 1. The van der Waals surface area contributed by atoms with E-state index in [0.29, 0.717) is 0 Å². The van der Waals surface area contributed by atoms with Crippen LogP contribution in [-0.4, -0.2) is 27.7 Å². The Kier molecular flexibility index (Phi) is 5.79. The lowest BCUT2D eigenvalue weighted by atomic mass is 10.3. The van der Waals surface area contributed by atoms with Crippen LogP contribution in [-0.2, 0) is 0 Å². The molecule has 0 unspecified atom stereocenters. The molecule has 2 rings (SSSR count). The number of anilines is 1. The Bertz CT molecular complexity index is 417. The fourth-order valence-corrected chi connectivity index (χ4v) is 1.51. The summed E-state index contributed by atoms with van der Waals surface area (Å²) in [5.74, 6) is 8.84. The molecule has 0 fully saturated rings. The highest BCUT2D eigenvalue weighted by atomic mass is 79.9. The third-order valence-electron chi connectivity index (χ3n) is 1.68. The van der Waals surface area contributed by atoms with E-state index >= 15 is 0 Å². The van der Waals surface area contributed by atoms with Gasteiger partial charge < -0.3 is 10.8 Å². The fraction of sp³-hybridized carbons (Fsp3) is 0.143. The van der Waals surface area contributed by atoms with Gasteiger partial charge in [0.1, 0.15) is 5.82 Å². The zero-order chi connectivity index (χ0) is 10.6. The van der Waals surface area contributed by atoms with Crippen molar-refractivity contribution in [2.75, 3.05) is 12.4 Å². The van der Waals surface area contributed by atoms with Gasteiger partial charge in [-0.1, -0.05) is 0 Å². The van der Waals surface area contributed by atoms with Gasteiger partial charge in [-0.25, -0.2) is 4.98 Å². The highest BCUT2D eigenvalue weighted by Crippen LogP contribution is 2.25.